The van der Waals surface area contributed by atoms with Crippen molar-refractivity contribution in [3.05, 3.63) is 0 Å². The SMILES string of the molecule is CCCCNC(=O)C(C)N1CC(N)(CCC)C1. The number of amides is 1. The molecule has 1 atom stereocenters. The zero-order chi connectivity index (χ0) is 12.9. The van der Waals surface area contributed by atoms with Crippen LogP contribution in [0.2, 0.25) is 0 Å². The lowest BCUT2D eigenvalue weighted by atomic mass is 9.85. The van der Waals surface area contributed by atoms with Gasteiger partial charge in [-0.2, -0.15) is 0 Å². The number of hydrogen-bond donors (Lipinski definition) is 2. The summed E-state index contributed by atoms with van der Waals surface area (Å²) in [6, 6.07) is -0.0413. The van der Waals surface area contributed by atoms with Crippen LogP contribution in [0.1, 0.15) is 46.5 Å². The number of likely N-dealkylation sites (tertiary alicyclic amines) is 1. The molecule has 1 fully saturated rings. The van der Waals surface area contributed by atoms with E-state index in [4.69, 9.17) is 5.73 Å². The summed E-state index contributed by atoms with van der Waals surface area (Å²) in [6.07, 6.45) is 4.32. The average molecular weight is 241 g/mol. The quantitative estimate of drug-likeness (QED) is 0.656. The van der Waals surface area contributed by atoms with Crippen LogP contribution in [0.15, 0.2) is 0 Å². The third kappa shape index (κ3) is 3.96. The Morgan fingerprint density at radius 2 is 2.06 bits per heavy atom. The van der Waals surface area contributed by atoms with E-state index in [-0.39, 0.29) is 17.5 Å². The number of nitrogens with two attached hydrogens (primary N) is 1. The van der Waals surface area contributed by atoms with Crippen molar-refractivity contribution < 1.29 is 4.79 Å². The number of nitrogens with zero attached hydrogens (tertiary/aromatic N) is 1. The van der Waals surface area contributed by atoms with E-state index in [1.54, 1.807) is 0 Å². The molecule has 4 heteroatoms. The Hall–Kier alpha value is -0.610. The molecule has 0 saturated carbocycles. The Morgan fingerprint density at radius 1 is 1.41 bits per heavy atom. The number of carbonyl (C=O) groups is 1. The van der Waals surface area contributed by atoms with E-state index in [0.717, 1.165) is 45.3 Å². The fourth-order valence-corrected chi connectivity index (χ4v) is 2.39. The minimum Gasteiger partial charge on any atom is -0.355 e. The van der Waals surface area contributed by atoms with Gasteiger partial charge in [-0.25, -0.2) is 0 Å². The number of nitrogens with one attached hydrogen (secondary N) is 1. The lowest BCUT2D eigenvalue weighted by Gasteiger charge is -2.50. The maximum absolute atomic E-state index is 11.8. The lowest BCUT2D eigenvalue weighted by molar-refractivity contribution is -0.129. The topological polar surface area (TPSA) is 58.4 Å². The van der Waals surface area contributed by atoms with Crippen LogP contribution in [-0.2, 0) is 4.79 Å². The summed E-state index contributed by atoms with van der Waals surface area (Å²) >= 11 is 0. The molecular formula is C13H27N3O. The maximum atomic E-state index is 11.8. The molecule has 3 N–H and O–H groups in total. The first kappa shape index (κ1) is 14.5. The Kier molecular flexibility index (Phi) is 5.40. The molecule has 0 aliphatic carbocycles. The van der Waals surface area contributed by atoms with E-state index < -0.39 is 0 Å². The van der Waals surface area contributed by atoms with Gasteiger partial charge in [-0.1, -0.05) is 26.7 Å². The molecule has 17 heavy (non-hydrogen) atoms. The van der Waals surface area contributed by atoms with Gasteiger partial charge in [-0.05, 0) is 19.8 Å². The molecule has 0 spiro atoms. The van der Waals surface area contributed by atoms with E-state index in [1.165, 1.54) is 0 Å². The van der Waals surface area contributed by atoms with Gasteiger partial charge in [-0.3, -0.25) is 9.69 Å². The second kappa shape index (κ2) is 6.36. The van der Waals surface area contributed by atoms with Crippen molar-refractivity contribution in [3.63, 3.8) is 0 Å². The number of rotatable bonds is 7. The number of unbranched alkanes of at least 4 members (excludes halogenated alkanes) is 1. The smallest absolute Gasteiger partial charge is 0.237 e. The van der Waals surface area contributed by atoms with Gasteiger partial charge < -0.3 is 11.1 Å². The fraction of sp³-hybridized carbons (Fsp3) is 0.923. The first-order valence-electron chi connectivity index (χ1n) is 6.83. The molecule has 100 valence electrons. The molecule has 1 amide bonds. The van der Waals surface area contributed by atoms with Crippen LogP contribution in [-0.4, -0.2) is 42.0 Å². The van der Waals surface area contributed by atoms with Crippen molar-refractivity contribution in [2.24, 2.45) is 5.73 Å². The molecule has 0 bridgehead atoms. The van der Waals surface area contributed by atoms with E-state index >= 15 is 0 Å². The van der Waals surface area contributed by atoms with Gasteiger partial charge in [0.15, 0.2) is 0 Å². The maximum Gasteiger partial charge on any atom is 0.237 e. The average Bonchev–Trinajstić information content (AvgIpc) is 2.25. The summed E-state index contributed by atoms with van der Waals surface area (Å²) in [4.78, 5) is 14.0. The van der Waals surface area contributed by atoms with Gasteiger partial charge in [0.2, 0.25) is 5.91 Å². The first-order valence-corrected chi connectivity index (χ1v) is 6.83. The monoisotopic (exact) mass is 241 g/mol. The van der Waals surface area contributed by atoms with Crippen molar-refractivity contribution in [1.29, 1.82) is 0 Å². The van der Waals surface area contributed by atoms with Crippen molar-refractivity contribution in [2.45, 2.75) is 58.0 Å². The number of carbonyl (C=O) groups excluding carboxylic acids is 1. The van der Waals surface area contributed by atoms with Gasteiger partial charge in [0.05, 0.1) is 6.04 Å². The molecule has 1 unspecified atom stereocenters. The van der Waals surface area contributed by atoms with Crippen molar-refractivity contribution in [2.75, 3.05) is 19.6 Å². The van der Waals surface area contributed by atoms with Crippen LogP contribution in [0, 0.1) is 0 Å². The highest BCUT2D eigenvalue weighted by Crippen LogP contribution is 2.25. The predicted octanol–water partition coefficient (Wildman–Crippen LogP) is 1.10. The van der Waals surface area contributed by atoms with Gasteiger partial charge in [-0.15, -0.1) is 0 Å². The lowest BCUT2D eigenvalue weighted by Crippen LogP contribution is -2.70. The summed E-state index contributed by atoms with van der Waals surface area (Å²) in [5.41, 5.74) is 6.14. The molecule has 4 nitrogen and oxygen atoms in total. The molecular weight excluding hydrogens is 214 g/mol. The minimum absolute atomic E-state index is 0.0413. The molecule has 1 saturated heterocycles. The summed E-state index contributed by atoms with van der Waals surface area (Å²) < 4.78 is 0. The van der Waals surface area contributed by atoms with E-state index in [2.05, 4.69) is 24.1 Å². The predicted molar refractivity (Wildman–Crippen MR) is 70.8 cm³/mol. The normalized spacial score (nSPS) is 20.7. The van der Waals surface area contributed by atoms with E-state index in [9.17, 15) is 4.79 Å². The molecule has 0 aromatic rings. The minimum atomic E-state index is -0.0489. The van der Waals surface area contributed by atoms with Gasteiger partial charge >= 0.3 is 0 Å². The third-order valence-corrected chi connectivity index (χ3v) is 3.54. The number of hydrogen-bond acceptors (Lipinski definition) is 3. The highest BCUT2D eigenvalue weighted by Gasteiger charge is 2.42. The molecule has 0 aromatic heterocycles. The largest absolute Gasteiger partial charge is 0.355 e. The summed E-state index contributed by atoms with van der Waals surface area (Å²) in [5.74, 6) is 0.136. The summed E-state index contributed by atoms with van der Waals surface area (Å²) in [7, 11) is 0. The van der Waals surface area contributed by atoms with Crippen LogP contribution >= 0.6 is 0 Å². The highest BCUT2D eigenvalue weighted by molar-refractivity contribution is 5.81. The van der Waals surface area contributed by atoms with Crippen molar-refractivity contribution in [3.8, 4) is 0 Å². The van der Waals surface area contributed by atoms with Crippen LogP contribution in [0.5, 0.6) is 0 Å². The van der Waals surface area contributed by atoms with E-state index in [1.807, 2.05) is 6.92 Å². The van der Waals surface area contributed by atoms with Crippen LogP contribution in [0.4, 0.5) is 0 Å². The summed E-state index contributed by atoms with van der Waals surface area (Å²) in [5, 5.41) is 2.97. The van der Waals surface area contributed by atoms with Gasteiger partial charge in [0.25, 0.3) is 0 Å². The van der Waals surface area contributed by atoms with Crippen LogP contribution in [0.25, 0.3) is 0 Å². The van der Waals surface area contributed by atoms with Gasteiger partial charge in [0.1, 0.15) is 0 Å². The molecule has 0 radical (unpaired) electrons. The Morgan fingerprint density at radius 3 is 2.59 bits per heavy atom. The fourth-order valence-electron chi connectivity index (χ4n) is 2.39. The van der Waals surface area contributed by atoms with Crippen LogP contribution < -0.4 is 11.1 Å². The van der Waals surface area contributed by atoms with Crippen molar-refractivity contribution in [1.82, 2.24) is 10.2 Å². The van der Waals surface area contributed by atoms with Crippen molar-refractivity contribution >= 4 is 5.91 Å². The standard InChI is InChI=1S/C13H27N3O/c1-4-6-8-15-12(17)11(3)16-9-13(14,10-16)7-5-2/h11H,4-10,14H2,1-3H3,(H,15,17). The molecule has 1 heterocycles. The second-order valence-corrected chi connectivity index (χ2v) is 5.34. The Balaban J connectivity index is 2.26. The highest BCUT2D eigenvalue weighted by atomic mass is 16.2. The molecule has 1 aliphatic heterocycles. The second-order valence-electron chi connectivity index (χ2n) is 5.34. The summed E-state index contributed by atoms with van der Waals surface area (Å²) in [6.45, 7) is 8.73. The third-order valence-electron chi connectivity index (χ3n) is 3.54. The Labute approximate surface area is 105 Å². The first-order chi connectivity index (χ1) is 8.02. The zero-order valence-corrected chi connectivity index (χ0v) is 11.5. The zero-order valence-electron chi connectivity index (χ0n) is 11.5. The van der Waals surface area contributed by atoms with Gasteiger partial charge in [0, 0.05) is 25.2 Å². The molecule has 1 aliphatic rings. The molecule has 0 aromatic carbocycles. The van der Waals surface area contributed by atoms with E-state index in [0.29, 0.717) is 0 Å². The van der Waals surface area contributed by atoms with Crippen LogP contribution in [0.3, 0.4) is 0 Å². The molecule has 1 rings (SSSR count). The Bertz CT molecular complexity index is 249.